The molecule has 1 aliphatic carbocycles. The quantitative estimate of drug-likeness (QED) is 0.552. The maximum absolute atomic E-state index is 10.8. The average molecular weight is 484 g/mol. The number of benzene rings is 2. The predicted octanol–water partition coefficient (Wildman–Crippen LogP) is 5.30. The number of hydrogen-bond acceptors (Lipinski definition) is 6. The highest BCUT2D eigenvalue weighted by atomic mass is 32.2. The molecule has 0 spiro atoms. The van der Waals surface area contributed by atoms with Crippen LogP contribution in [-0.4, -0.2) is 46.4 Å². The molecule has 2 aromatic rings. The van der Waals surface area contributed by atoms with Gasteiger partial charge in [-0.2, -0.15) is 15.6 Å². The molecule has 2 fully saturated rings. The van der Waals surface area contributed by atoms with E-state index in [0.29, 0.717) is 6.42 Å². The Morgan fingerprint density at radius 3 is 2.00 bits per heavy atom. The molecule has 4 atom stereocenters. The molecule has 2 heterocycles. The third-order valence-corrected chi connectivity index (χ3v) is 10.4. The van der Waals surface area contributed by atoms with Crippen LogP contribution in [0, 0.1) is 53.8 Å². The van der Waals surface area contributed by atoms with E-state index in [-0.39, 0.29) is 17.3 Å². The van der Waals surface area contributed by atoms with E-state index in [1.807, 2.05) is 25.4 Å². The molecule has 3 aliphatic rings. The lowest BCUT2D eigenvalue weighted by atomic mass is 9.78. The third kappa shape index (κ3) is 2.82. The first-order valence-electron chi connectivity index (χ1n) is 12.1. The van der Waals surface area contributed by atoms with Crippen LogP contribution >= 0.6 is 11.8 Å². The van der Waals surface area contributed by atoms with Gasteiger partial charge in [-0.1, -0.05) is 73.5 Å². The van der Waals surface area contributed by atoms with Crippen LogP contribution in [0.15, 0.2) is 53.6 Å². The van der Waals surface area contributed by atoms with Gasteiger partial charge in [-0.05, 0) is 50.7 Å². The van der Waals surface area contributed by atoms with Crippen LogP contribution in [0.5, 0.6) is 0 Å². The highest BCUT2D eigenvalue weighted by Gasteiger charge is 2.82. The fourth-order valence-corrected chi connectivity index (χ4v) is 8.24. The summed E-state index contributed by atoms with van der Waals surface area (Å²) in [6.45, 7) is 8.81. The second-order valence-electron chi connectivity index (χ2n) is 11.2. The first-order valence-corrected chi connectivity index (χ1v) is 13.4. The Bertz CT molecular complexity index is 1270. The minimum absolute atomic E-state index is 0.0270. The lowest BCUT2D eigenvalue weighted by molar-refractivity contribution is 0.0476. The number of hydrazone groups is 1. The molecular formula is C29H33N5S. The molecule has 1 unspecified atom stereocenters. The number of fused-ring (bicyclic) bond motifs is 3. The molecule has 0 radical (unpaired) electrons. The van der Waals surface area contributed by atoms with Crippen molar-refractivity contribution < 1.29 is 0 Å². The smallest absolute Gasteiger partial charge is 0.257 e. The van der Waals surface area contributed by atoms with Crippen LogP contribution in [0.2, 0.25) is 0 Å². The molecule has 0 N–H and O–H groups in total. The molecule has 5 nitrogen and oxygen atoms in total. The van der Waals surface area contributed by atoms with Gasteiger partial charge < -0.3 is 0 Å². The van der Waals surface area contributed by atoms with Gasteiger partial charge in [-0.25, -0.2) is 5.01 Å². The molecule has 0 bridgehead atoms. The number of likely N-dealkylation sites (N-methyl/N-ethyl adjacent to an activating group) is 1. The van der Waals surface area contributed by atoms with Crippen LogP contribution in [0.25, 0.3) is 0 Å². The maximum Gasteiger partial charge on any atom is 0.257 e. The Morgan fingerprint density at radius 2 is 1.51 bits per heavy atom. The standard InChI is InChI=1S/C29H33N5S/c1-19-8-12-21(13-9-19)24-23-25(26(23,3)4)28(22-14-10-20(2)11-15-22)16-29(35-7,33(5)6)27(17-30,18-31)34(28)32-24/h8-15,23,25H,16H2,1-7H3/t23-,25+,28?,29-/m1/s1. The van der Waals surface area contributed by atoms with Gasteiger partial charge in [-0.3, -0.25) is 4.90 Å². The van der Waals surface area contributed by atoms with Crippen LogP contribution in [0.1, 0.15) is 42.5 Å². The number of rotatable bonds is 4. The number of hydrogen-bond donors (Lipinski definition) is 0. The fraction of sp³-hybridized carbons (Fsp3) is 0.483. The highest BCUT2D eigenvalue weighted by molar-refractivity contribution is 8.00. The van der Waals surface area contributed by atoms with Crippen molar-refractivity contribution in [3.63, 3.8) is 0 Å². The Kier molecular flexibility index (Phi) is 5.19. The molecule has 2 aromatic carbocycles. The van der Waals surface area contributed by atoms with Gasteiger partial charge >= 0.3 is 0 Å². The monoisotopic (exact) mass is 483 g/mol. The van der Waals surface area contributed by atoms with E-state index in [9.17, 15) is 10.5 Å². The fourth-order valence-electron chi connectivity index (χ4n) is 7.03. The first-order chi connectivity index (χ1) is 16.6. The lowest BCUT2D eigenvalue weighted by Gasteiger charge is -2.45. The molecule has 180 valence electrons. The summed E-state index contributed by atoms with van der Waals surface area (Å²) >= 11 is 1.60. The second-order valence-corrected chi connectivity index (χ2v) is 12.3. The predicted molar refractivity (Wildman–Crippen MR) is 142 cm³/mol. The number of aryl methyl sites for hydroxylation is 2. The van der Waals surface area contributed by atoms with Crippen molar-refractivity contribution in [3.8, 4) is 12.1 Å². The summed E-state index contributed by atoms with van der Waals surface area (Å²) in [5.74, 6) is 0.472. The van der Waals surface area contributed by atoms with Crippen molar-refractivity contribution >= 4 is 17.5 Å². The third-order valence-electron chi connectivity index (χ3n) is 8.90. The Labute approximate surface area is 213 Å². The number of thioether (sulfide) groups is 1. The number of nitrogens with zero attached hydrogens (tertiary/aromatic N) is 5. The van der Waals surface area contributed by atoms with Gasteiger partial charge in [0, 0.05) is 18.3 Å². The van der Waals surface area contributed by atoms with Gasteiger partial charge in [0.15, 0.2) is 0 Å². The zero-order chi connectivity index (χ0) is 25.4. The zero-order valence-corrected chi connectivity index (χ0v) is 22.4. The second kappa shape index (κ2) is 7.60. The molecule has 2 aliphatic heterocycles. The largest absolute Gasteiger partial charge is 0.291 e. The summed E-state index contributed by atoms with van der Waals surface area (Å²) in [6, 6.07) is 22.1. The number of nitriles is 2. The summed E-state index contributed by atoms with van der Waals surface area (Å²) in [5.41, 5.74) is 3.55. The molecule has 35 heavy (non-hydrogen) atoms. The molecule has 0 aromatic heterocycles. The van der Waals surface area contributed by atoms with Crippen LogP contribution in [0.3, 0.4) is 0 Å². The summed E-state index contributed by atoms with van der Waals surface area (Å²) in [5, 5.41) is 28.8. The van der Waals surface area contributed by atoms with Crippen LogP contribution in [-0.2, 0) is 5.54 Å². The van der Waals surface area contributed by atoms with E-state index >= 15 is 0 Å². The Balaban J connectivity index is 1.86. The minimum Gasteiger partial charge on any atom is -0.291 e. The summed E-state index contributed by atoms with van der Waals surface area (Å²) in [7, 11) is 3.97. The van der Waals surface area contributed by atoms with E-state index in [2.05, 4.69) is 93.3 Å². The Morgan fingerprint density at radius 1 is 0.971 bits per heavy atom. The van der Waals surface area contributed by atoms with Crippen molar-refractivity contribution in [3.05, 3.63) is 70.8 Å². The maximum atomic E-state index is 10.8. The van der Waals surface area contributed by atoms with E-state index in [4.69, 9.17) is 5.10 Å². The van der Waals surface area contributed by atoms with E-state index in [1.165, 1.54) is 11.1 Å². The molecule has 6 heteroatoms. The van der Waals surface area contributed by atoms with Gasteiger partial charge in [0.05, 0.1) is 11.3 Å². The van der Waals surface area contributed by atoms with Crippen LogP contribution in [0.4, 0.5) is 0 Å². The normalized spacial score (nSPS) is 31.7. The van der Waals surface area contributed by atoms with Gasteiger partial charge in [-0.15, -0.1) is 11.8 Å². The molecule has 1 saturated carbocycles. The molecule has 0 amide bonds. The summed E-state index contributed by atoms with van der Waals surface area (Å²) < 4.78 is 0. The topological polar surface area (TPSA) is 66.4 Å². The lowest BCUT2D eigenvalue weighted by Crippen LogP contribution is -2.61. The highest BCUT2D eigenvalue weighted by Crippen LogP contribution is 2.76. The van der Waals surface area contributed by atoms with E-state index in [0.717, 1.165) is 16.8 Å². The van der Waals surface area contributed by atoms with Crippen molar-refractivity contribution in [1.82, 2.24) is 9.91 Å². The van der Waals surface area contributed by atoms with E-state index in [1.54, 1.807) is 11.8 Å². The SMILES string of the molecule is CS[C@]1(N(C)C)CC2(c3ccc(C)cc3)[C@H]3[C@@H](C(c4ccc(C)cc4)=NN2C1(C#N)C#N)C3(C)C. The summed E-state index contributed by atoms with van der Waals surface area (Å²) in [6.07, 6.45) is 2.67. The van der Waals surface area contributed by atoms with Crippen molar-refractivity contribution in [2.45, 2.75) is 50.1 Å². The minimum atomic E-state index is -1.46. The Hall–Kier alpha value is -2.80. The molecule has 1 saturated heterocycles. The van der Waals surface area contributed by atoms with Gasteiger partial charge in [0.25, 0.3) is 5.54 Å². The zero-order valence-electron chi connectivity index (χ0n) is 21.6. The van der Waals surface area contributed by atoms with Gasteiger partial charge in [0.1, 0.15) is 17.0 Å². The summed E-state index contributed by atoms with van der Waals surface area (Å²) in [4.78, 5) is 1.32. The van der Waals surface area contributed by atoms with E-state index < -0.39 is 15.9 Å². The van der Waals surface area contributed by atoms with Gasteiger partial charge in [0.2, 0.25) is 0 Å². The van der Waals surface area contributed by atoms with Crippen molar-refractivity contribution in [2.24, 2.45) is 22.4 Å². The first kappa shape index (κ1) is 23.9. The molecular weight excluding hydrogens is 450 g/mol. The van der Waals surface area contributed by atoms with Crippen molar-refractivity contribution in [1.29, 1.82) is 10.5 Å². The molecule has 5 rings (SSSR count). The van der Waals surface area contributed by atoms with Crippen LogP contribution < -0.4 is 0 Å². The van der Waals surface area contributed by atoms with Crippen molar-refractivity contribution in [2.75, 3.05) is 20.4 Å². The average Bonchev–Trinajstić information content (AvgIpc) is 3.32.